The van der Waals surface area contributed by atoms with E-state index in [-0.39, 0.29) is 10.5 Å². The van der Waals surface area contributed by atoms with Crippen LogP contribution in [0.25, 0.3) is 5.57 Å². The quantitative estimate of drug-likeness (QED) is 0.488. The van der Waals surface area contributed by atoms with Gasteiger partial charge in [0.1, 0.15) is 37.6 Å². The van der Waals surface area contributed by atoms with Gasteiger partial charge in [-0.2, -0.15) is 8.42 Å². The van der Waals surface area contributed by atoms with Crippen LogP contribution in [-0.2, 0) is 10.0 Å². The molecule has 2 aliphatic rings. The highest BCUT2D eigenvalue weighted by Gasteiger charge is 2.36. The van der Waals surface area contributed by atoms with Gasteiger partial charge in [-0.3, -0.25) is 0 Å². The number of aliphatic hydroxyl groups excluding tert-OH is 1. The smallest absolute Gasteiger partial charge is 0.326 e. The summed E-state index contributed by atoms with van der Waals surface area (Å²) in [4.78, 5) is 2.68. The van der Waals surface area contributed by atoms with Gasteiger partial charge in [0.15, 0.2) is 0 Å². The molecule has 8 heteroatoms. The van der Waals surface area contributed by atoms with E-state index in [1.165, 1.54) is 10.5 Å². The van der Waals surface area contributed by atoms with Crippen LogP contribution in [0, 0.1) is 0 Å². The van der Waals surface area contributed by atoms with E-state index in [0.717, 1.165) is 70.7 Å². The van der Waals surface area contributed by atoms with Crippen LogP contribution in [0.3, 0.4) is 0 Å². The molecule has 0 radical (unpaired) electrons. The molecule has 190 valence electrons. The summed E-state index contributed by atoms with van der Waals surface area (Å²) in [5.74, 6) is 0. The van der Waals surface area contributed by atoms with Crippen LogP contribution in [0.5, 0.6) is 0 Å². The largest absolute Gasteiger partial charge is 0.391 e. The van der Waals surface area contributed by atoms with Crippen LogP contribution in [0.1, 0.15) is 17.5 Å². The molecule has 2 heterocycles. The minimum absolute atomic E-state index is 0.141. The average molecular weight is 519 g/mol. The maximum Gasteiger partial charge on any atom is 0.326 e. The third-order valence-corrected chi connectivity index (χ3v) is 11.1. The number of rotatable bonds is 7. The van der Waals surface area contributed by atoms with Crippen molar-refractivity contribution in [3.05, 3.63) is 59.7 Å². The van der Waals surface area contributed by atoms with Crippen LogP contribution < -0.4 is 0 Å². The fourth-order valence-corrected chi connectivity index (χ4v) is 7.17. The van der Waals surface area contributed by atoms with Crippen molar-refractivity contribution in [3.8, 4) is 0 Å². The van der Waals surface area contributed by atoms with Crippen molar-refractivity contribution in [1.82, 2.24) is 0 Å². The molecule has 2 aliphatic heterocycles. The van der Waals surface area contributed by atoms with E-state index in [4.69, 9.17) is 0 Å². The fraction of sp³-hybridized carbons (Fsp3) is 0.481. The number of nitrogens with zero attached hydrogens (tertiary/aromatic N) is 3. The Hall–Kier alpha value is -1.68. The molecule has 1 saturated heterocycles. The molecule has 0 aromatic heterocycles. The van der Waals surface area contributed by atoms with Crippen LogP contribution >= 0.6 is 11.8 Å². The number of benzene rings is 2. The molecule has 2 aromatic carbocycles. The van der Waals surface area contributed by atoms with Crippen LogP contribution in [0.2, 0.25) is 0 Å². The highest BCUT2D eigenvalue weighted by Crippen LogP contribution is 2.46. The number of aliphatic hydroxyl groups is 1. The summed E-state index contributed by atoms with van der Waals surface area (Å²) in [7, 11) is 6.18. The van der Waals surface area contributed by atoms with Gasteiger partial charge in [0.2, 0.25) is 0 Å². The predicted molar refractivity (Wildman–Crippen MR) is 143 cm³/mol. The van der Waals surface area contributed by atoms with Gasteiger partial charge in [0, 0.05) is 16.2 Å². The molecule has 1 N–H and O–H groups in total. The van der Waals surface area contributed by atoms with E-state index >= 15 is 0 Å². The van der Waals surface area contributed by atoms with Crippen LogP contribution in [0.15, 0.2) is 63.2 Å². The molecule has 0 aliphatic carbocycles. The zero-order chi connectivity index (χ0) is 25.5. The summed E-state index contributed by atoms with van der Waals surface area (Å²) >= 11 is 1.71. The number of fused-ring (bicyclic) bond motifs is 2. The molecule has 4 rings (SSSR count). The van der Waals surface area contributed by atoms with Gasteiger partial charge in [0.25, 0.3) is 0 Å². The van der Waals surface area contributed by atoms with Gasteiger partial charge in [-0.05, 0) is 41.0 Å². The van der Waals surface area contributed by atoms with E-state index in [0.29, 0.717) is 4.90 Å². The molecule has 0 saturated carbocycles. The Morgan fingerprint density at radius 3 is 2.14 bits per heavy atom. The van der Waals surface area contributed by atoms with E-state index in [2.05, 4.69) is 44.4 Å². The number of hydrogen-bond donors (Lipinski definition) is 1. The first-order valence-electron chi connectivity index (χ1n) is 12.3. The zero-order valence-electron chi connectivity index (χ0n) is 21.7. The molecule has 2 aromatic rings. The number of hydrogen-bond acceptors (Lipinski definition) is 4. The highest BCUT2D eigenvalue weighted by molar-refractivity contribution is 7.99. The van der Waals surface area contributed by atoms with E-state index in [9.17, 15) is 13.5 Å². The van der Waals surface area contributed by atoms with E-state index < -0.39 is 10.0 Å². The molecule has 1 fully saturated rings. The Labute approximate surface area is 215 Å². The van der Waals surface area contributed by atoms with Crippen molar-refractivity contribution in [1.29, 1.82) is 0 Å². The second-order valence-corrected chi connectivity index (χ2v) is 14.9. The molecular formula is C27H40N3O3S2+3. The topological polar surface area (TPSA) is 54.4 Å². The van der Waals surface area contributed by atoms with Gasteiger partial charge in [0.05, 0.1) is 48.4 Å². The van der Waals surface area contributed by atoms with Crippen molar-refractivity contribution >= 4 is 27.4 Å². The second kappa shape index (κ2) is 9.65. The minimum atomic E-state index is -3.50. The Balaban J connectivity index is 1.63. The lowest BCUT2D eigenvalue weighted by atomic mass is 9.96. The molecule has 0 amide bonds. The molecular weight excluding hydrogens is 478 g/mol. The Morgan fingerprint density at radius 1 is 0.914 bits per heavy atom. The molecule has 0 bridgehead atoms. The lowest BCUT2D eigenvalue weighted by molar-refractivity contribution is -1.02. The number of likely N-dealkylation sites (N-methyl/N-ethyl adjacent to an activating group) is 2. The highest BCUT2D eigenvalue weighted by atomic mass is 32.2. The molecule has 0 unspecified atom stereocenters. The zero-order valence-corrected chi connectivity index (χ0v) is 23.3. The number of piperazine rings is 1. The summed E-state index contributed by atoms with van der Waals surface area (Å²) in [5.41, 5.74) is 3.33. The fourth-order valence-electron chi connectivity index (χ4n) is 4.95. The Morgan fingerprint density at radius 2 is 1.51 bits per heavy atom. The molecule has 6 nitrogen and oxygen atoms in total. The predicted octanol–water partition coefficient (Wildman–Crippen LogP) is 3.27. The SMILES string of the molecule is C[N+]1(CCO)CC[N+](C)(CC/C=C2\c3ccccc3Sc3ccc(S(=O)(=O)[N+](C)(C)C)cc32)CC1. The average Bonchev–Trinajstić information content (AvgIpc) is 2.80. The lowest BCUT2D eigenvalue weighted by Crippen LogP contribution is -2.64. The van der Waals surface area contributed by atoms with Crippen molar-refractivity contribution in [2.45, 2.75) is 21.1 Å². The minimum Gasteiger partial charge on any atom is -0.391 e. The third kappa shape index (κ3) is 5.38. The van der Waals surface area contributed by atoms with Crippen molar-refractivity contribution < 1.29 is 26.4 Å². The standard InChI is InChI=1S/C27H40N3O3S2/c1-28(2,3)35(32,33)22-12-13-27-25(21-22)23(24-9-6-7-11-26(24)34-27)10-8-14-29(4)15-17-30(5,18-16-29)19-20-31/h6-7,9-13,21,31H,8,14-20H2,1-5H3/q+3/b23-10+. The van der Waals surface area contributed by atoms with Crippen molar-refractivity contribution in [2.24, 2.45) is 0 Å². The van der Waals surface area contributed by atoms with Crippen molar-refractivity contribution in [2.75, 3.05) is 81.1 Å². The van der Waals surface area contributed by atoms with Gasteiger partial charge in [-0.15, -0.1) is 0 Å². The lowest BCUT2D eigenvalue weighted by Gasteiger charge is -2.46. The molecule has 35 heavy (non-hydrogen) atoms. The van der Waals surface area contributed by atoms with E-state index in [1.807, 2.05) is 12.1 Å². The summed E-state index contributed by atoms with van der Waals surface area (Å²) in [5, 5.41) is 9.41. The van der Waals surface area contributed by atoms with Gasteiger partial charge >= 0.3 is 10.0 Å². The molecule has 0 atom stereocenters. The summed E-state index contributed by atoms with van der Waals surface area (Å²) in [6, 6.07) is 14.0. The van der Waals surface area contributed by atoms with Crippen LogP contribution in [0.4, 0.5) is 0 Å². The van der Waals surface area contributed by atoms with Crippen molar-refractivity contribution in [3.63, 3.8) is 0 Å². The summed E-state index contributed by atoms with van der Waals surface area (Å²) < 4.78 is 28.2. The third-order valence-electron chi connectivity index (χ3n) is 7.67. The monoisotopic (exact) mass is 518 g/mol. The van der Waals surface area contributed by atoms with Gasteiger partial charge in [-0.1, -0.05) is 36.0 Å². The summed E-state index contributed by atoms with van der Waals surface area (Å²) in [6.07, 6.45) is 3.25. The first kappa shape index (κ1) is 26.4. The van der Waals surface area contributed by atoms with Gasteiger partial charge < -0.3 is 14.1 Å². The van der Waals surface area contributed by atoms with E-state index in [1.54, 1.807) is 39.0 Å². The van der Waals surface area contributed by atoms with Gasteiger partial charge in [-0.25, -0.2) is 3.89 Å². The van der Waals surface area contributed by atoms with Crippen LogP contribution in [-0.4, -0.2) is 107 Å². The first-order chi connectivity index (χ1) is 16.4. The first-order valence-corrected chi connectivity index (χ1v) is 14.6. The number of sulfonamides is 1. The second-order valence-electron chi connectivity index (χ2n) is 11.3. The maximum atomic E-state index is 13.2. The number of quaternary nitrogens is 3. The normalized spacial score (nSPS) is 25.8. The Kier molecular flexibility index (Phi) is 7.27. The molecule has 0 spiro atoms. The Bertz CT molecular complexity index is 1220. The summed E-state index contributed by atoms with van der Waals surface area (Å²) in [6.45, 7) is 6.50. The maximum absolute atomic E-state index is 13.2.